The highest BCUT2D eigenvalue weighted by Gasteiger charge is 2.45. The number of carbonyl (C=O) groups excluding carboxylic acids is 2. The van der Waals surface area contributed by atoms with Crippen LogP contribution in [0.5, 0.6) is 0 Å². The average molecular weight is 343 g/mol. The Morgan fingerprint density at radius 2 is 2.00 bits per heavy atom. The molecule has 0 aromatic heterocycles. The van der Waals surface area contributed by atoms with E-state index in [1.165, 1.54) is 5.56 Å². The van der Waals surface area contributed by atoms with E-state index in [9.17, 15) is 9.59 Å². The monoisotopic (exact) mass is 343 g/mol. The van der Waals surface area contributed by atoms with Gasteiger partial charge in [-0.3, -0.25) is 4.79 Å². The second-order valence-corrected chi connectivity index (χ2v) is 7.39. The van der Waals surface area contributed by atoms with Crippen molar-refractivity contribution < 1.29 is 14.3 Å². The van der Waals surface area contributed by atoms with Gasteiger partial charge < -0.3 is 19.9 Å². The van der Waals surface area contributed by atoms with Crippen molar-refractivity contribution in [3.8, 4) is 0 Å². The van der Waals surface area contributed by atoms with Crippen LogP contribution in [0.1, 0.15) is 31.7 Å². The smallest absolute Gasteiger partial charge is 0.321 e. The topological polar surface area (TPSA) is 61.9 Å². The zero-order valence-corrected chi connectivity index (χ0v) is 14.7. The number of fused-ring (bicyclic) bond motifs is 1. The minimum absolute atomic E-state index is 0.0524. The number of nitrogens with one attached hydrogen (secondary N) is 1. The Labute approximate surface area is 148 Å². The van der Waals surface area contributed by atoms with Crippen LogP contribution in [0.3, 0.4) is 0 Å². The van der Waals surface area contributed by atoms with Crippen molar-refractivity contribution in [2.45, 2.75) is 32.6 Å². The summed E-state index contributed by atoms with van der Waals surface area (Å²) < 4.78 is 5.42. The number of ether oxygens (including phenoxy) is 1. The van der Waals surface area contributed by atoms with Gasteiger partial charge in [-0.1, -0.05) is 13.0 Å². The summed E-state index contributed by atoms with van der Waals surface area (Å²) in [5, 5.41) is 2.99. The van der Waals surface area contributed by atoms with E-state index in [2.05, 4.69) is 5.32 Å². The van der Waals surface area contributed by atoms with Crippen LogP contribution in [0.2, 0.25) is 0 Å². The molecule has 6 nitrogen and oxygen atoms in total. The summed E-state index contributed by atoms with van der Waals surface area (Å²) in [5.41, 5.74) is 3.14. The van der Waals surface area contributed by atoms with Gasteiger partial charge in [0.25, 0.3) is 0 Å². The van der Waals surface area contributed by atoms with Crippen molar-refractivity contribution in [2.24, 2.45) is 5.41 Å². The van der Waals surface area contributed by atoms with Gasteiger partial charge in [-0.05, 0) is 37.0 Å². The van der Waals surface area contributed by atoms with Gasteiger partial charge in [0, 0.05) is 56.1 Å². The molecule has 2 fully saturated rings. The zero-order chi connectivity index (χ0) is 17.4. The Kier molecular flexibility index (Phi) is 4.15. The molecule has 0 aliphatic carbocycles. The van der Waals surface area contributed by atoms with Crippen molar-refractivity contribution in [1.29, 1.82) is 0 Å². The third kappa shape index (κ3) is 2.99. The van der Waals surface area contributed by atoms with Gasteiger partial charge in [0.05, 0.1) is 0 Å². The summed E-state index contributed by atoms with van der Waals surface area (Å²) >= 11 is 0. The van der Waals surface area contributed by atoms with Crippen LogP contribution in [-0.2, 0) is 16.0 Å². The van der Waals surface area contributed by atoms with E-state index in [1.54, 1.807) is 0 Å². The predicted molar refractivity (Wildman–Crippen MR) is 95.9 cm³/mol. The first kappa shape index (κ1) is 16.4. The minimum atomic E-state index is -0.0524. The summed E-state index contributed by atoms with van der Waals surface area (Å²) in [6.07, 6.45) is 3.47. The second kappa shape index (κ2) is 6.33. The summed E-state index contributed by atoms with van der Waals surface area (Å²) in [7, 11) is 0. The van der Waals surface area contributed by atoms with Gasteiger partial charge in [-0.2, -0.15) is 0 Å². The van der Waals surface area contributed by atoms with Crippen LogP contribution >= 0.6 is 0 Å². The van der Waals surface area contributed by atoms with Crippen LogP contribution < -0.4 is 10.2 Å². The largest absolute Gasteiger partial charge is 0.381 e. The minimum Gasteiger partial charge on any atom is -0.381 e. The highest BCUT2D eigenvalue weighted by molar-refractivity contribution is 5.97. The predicted octanol–water partition coefficient (Wildman–Crippen LogP) is 2.63. The molecule has 0 bridgehead atoms. The Balaban J connectivity index is 1.40. The molecule has 0 atom stereocenters. The summed E-state index contributed by atoms with van der Waals surface area (Å²) in [5.74, 6) is 0.131. The van der Waals surface area contributed by atoms with Crippen LogP contribution in [0.15, 0.2) is 18.2 Å². The van der Waals surface area contributed by atoms with Gasteiger partial charge in [0.1, 0.15) is 0 Å². The second-order valence-electron chi connectivity index (χ2n) is 7.39. The molecule has 3 heterocycles. The Morgan fingerprint density at radius 1 is 1.24 bits per heavy atom. The molecule has 2 saturated heterocycles. The fraction of sp³-hybridized carbons (Fsp3) is 0.579. The molecule has 4 rings (SSSR count). The number of amides is 3. The lowest BCUT2D eigenvalue weighted by Crippen LogP contribution is -2.61. The summed E-state index contributed by atoms with van der Waals surface area (Å²) in [6, 6.07) is 5.83. The number of anilines is 2. The van der Waals surface area contributed by atoms with Crippen molar-refractivity contribution in [3.05, 3.63) is 23.8 Å². The van der Waals surface area contributed by atoms with Gasteiger partial charge in [0.2, 0.25) is 5.91 Å². The van der Waals surface area contributed by atoms with E-state index >= 15 is 0 Å². The van der Waals surface area contributed by atoms with Gasteiger partial charge >= 0.3 is 6.03 Å². The maximum absolute atomic E-state index is 12.5. The molecule has 1 N–H and O–H groups in total. The average Bonchev–Trinajstić information content (AvgIpc) is 3.02. The molecule has 134 valence electrons. The molecule has 3 aliphatic rings. The maximum Gasteiger partial charge on any atom is 0.321 e. The molecular formula is C19H25N3O3. The quantitative estimate of drug-likeness (QED) is 0.898. The molecular weight excluding hydrogens is 318 g/mol. The zero-order valence-electron chi connectivity index (χ0n) is 14.7. The summed E-state index contributed by atoms with van der Waals surface area (Å²) in [4.78, 5) is 28.3. The third-order valence-electron chi connectivity index (χ3n) is 5.73. The van der Waals surface area contributed by atoms with Gasteiger partial charge in [-0.25, -0.2) is 4.79 Å². The van der Waals surface area contributed by atoms with Crippen LogP contribution in [0.4, 0.5) is 16.2 Å². The van der Waals surface area contributed by atoms with Gasteiger partial charge in [0.15, 0.2) is 0 Å². The molecule has 1 spiro atoms. The number of rotatable bonds is 2. The number of urea groups is 1. The molecule has 6 heteroatoms. The van der Waals surface area contributed by atoms with E-state index in [0.717, 1.165) is 63.5 Å². The van der Waals surface area contributed by atoms with E-state index in [4.69, 9.17) is 4.74 Å². The van der Waals surface area contributed by atoms with E-state index in [1.807, 2.05) is 34.9 Å². The van der Waals surface area contributed by atoms with Crippen molar-refractivity contribution in [3.63, 3.8) is 0 Å². The first-order chi connectivity index (χ1) is 12.1. The van der Waals surface area contributed by atoms with Crippen molar-refractivity contribution in [2.75, 3.05) is 43.1 Å². The molecule has 1 aromatic rings. The van der Waals surface area contributed by atoms with Crippen molar-refractivity contribution >= 4 is 23.3 Å². The normalized spacial score (nSPS) is 21.0. The number of nitrogens with zero attached hydrogens (tertiary/aromatic N) is 2. The molecule has 25 heavy (non-hydrogen) atoms. The SMILES string of the molecule is CCC(=O)N1CCc2ccc(NC(=O)N3CC4(CCOCC4)C3)cc21. The highest BCUT2D eigenvalue weighted by Crippen LogP contribution is 2.40. The van der Waals surface area contributed by atoms with Crippen LogP contribution in [0, 0.1) is 5.41 Å². The van der Waals surface area contributed by atoms with E-state index < -0.39 is 0 Å². The number of benzene rings is 1. The lowest BCUT2D eigenvalue weighted by Gasteiger charge is -2.51. The number of likely N-dealkylation sites (tertiary alicyclic amines) is 1. The first-order valence-corrected chi connectivity index (χ1v) is 9.17. The van der Waals surface area contributed by atoms with Gasteiger partial charge in [-0.15, -0.1) is 0 Å². The maximum atomic E-state index is 12.5. The Morgan fingerprint density at radius 3 is 2.72 bits per heavy atom. The molecule has 0 radical (unpaired) electrons. The fourth-order valence-corrected chi connectivity index (χ4v) is 4.14. The number of hydrogen-bond donors (Lipinski definition) is 1. The molecule has 0 saturated carbocycles. The van der Waals surface area contributed by atoms with Crippen LogP contribution in [0.25, 0.3) is 0 Å². The molecule has 1 aromatic carbocycles. The lowest BCUT2D eigenvalue weighted by atomic mass is 9.73. The number of carbonyl (C=O) groups is 2. The number of hydrogen-bond acceptors (Lipinski definition) is 3. The fourth-order valence-electron chi connectivity index (χ4n) is 4.14. The highest BCUT2D eigenvalue weighted by atomic mass is 16.5. The third-order valence-corrected chi connectivity index (χ3v) is 5.73. The standard InChI is InChI=1S/C19H25N3O3/c1-2-17(23)22-8-5-14-3-4-15(11-16(14)22)20-18(24)21-12-19(13-21)6-9-25-10-7-19/h3-4,11H,2,5-10,12-13H2,1H3,(H,20,24). The molecule has 3 aliphatic heterocycles. The lowest BCUT2D eigenvalue weighted by molar-refractivity contribution is -0.118. The summed E-state index contributed by atoms with van der Waals surface area (Å²) in [6.45, 7) is 5.85. The van der Waals surface area contributed by atoms with Crippen LogP contribution in [-0.4, -0.2) is 49.7 Å². The molecule has 3 amide bonds. The van der Waals surface area contributed by atoms with Crippen molar-refractivity contribution in [1.82, 2.24) is 4.90 Å². The van der Waals surface area contributed by atoms with E-state index in [-0.39, 0.29) is 17.4 Å². The first-order valence-electron chi connectivity index (χ1n) is 9.17. The van der Waals surface area contributed by atoms with E-state index in [0.29, 0.717) is 6.42 Å². The Bertz CT molecular complexity index is 689. The molecule has 0 unspecified atom stereocenters. The Hall–Kier alpha value is -2.08.